The molecule has 0 bridgehead atoms. The monoisotopic (exact) mass is 263 g/mol. The second-order valence-corrected chi connectivity index (χ2v) is 4.24. The van der Waals surface area contributed by atoms with Crippen molar-refractivity contribution in [2.24, 2.45) is 0 Å². The lowest BCUT2D eigenvalue weighted by molar-refractivity contribution is 0.0670. The lowest BCUT2D eigenvalue weighted by Gasteiger charge is -2.08. The van der Waals surface area contributed by atoms with Gasteiger partial charge in [0.2, 0.25) is 0 Å². The summed E-state index contributed by atoms with van der Waals surface area (Å²) in [4.78, 5) is 0. The maximum atomic E-state index is 5.63. The number of nitrogens with zero attached hydrogens (tertiary/aromatic N) is 1. The maximum absolute atomic E-state index is 5.63. The van der Waals surface area contributed by atoms with E-state index in [9.17, 15) is 0 Å². The van der Waals surface area contributed by atoms with E-state index in [2.05, 4.69) is 22.9 Å². The van der Waals surface area contributed by atoms with Crippen LogP contribution in [0.1, 0.15) is 6.92 Å². The first-order chi connectivity index (χ1) is 9.36. The summed E-state index contributed by atoms with van der Waals surface area (Å²) in [5, 5.41) is 1.15. The van der Waals surface area contributed by atoms with E-state index in [1.54, 1.807) is 7.11 Å². The smallest absolute Gasteiger partial charge is 0.128 e. The summed E-state index contributed by atoms with van der Waals surface area (Å²) >= 11 is 0. The van der Waals surface area contributed by atoms with Crippen molar-refractivity contribution in [1.29, 1.82) is 0 Å². The van der Waals surface area contributed by atoms with Gasteiger partial charge in [-0.15, -0.1) is 0 Å². The molecule has 0 radical (unpaired) electrons. The molecule has 19 heavy (non-hydrogen) atoms. The van der Waals surface area contributed by atoms with Crippen LogP contribution in [0.2, 0.25) is 0 Å². The highest BCUT2D eigenvalue weighted by atomic mass is 16.5. The average Bonchev–Trinajstić information content (AvgIpc) is 2.83. The summed E-state index contributed by atoms with van der Waals surface area (Å²) < 4.78 is 18.3. The Balaban J connectivity index is 2.02. The predicted octanol–water partition coefficient (Wildman–Crippen LogP) is 2.70. The summed E-state index contributed by atoms with van der Waals surface area (Å²) in [6.45, 7) is 5.49. The molecule has 0 saturated carbocycles. The summed E-state index contributed by atoms with van der Waals surface area (Å²) in [6.07, 6.45) is 2.08. The van der Waals surface area contributed by atoms with Gasteiger partial charge in [-0.1, -0.05) is 6.07 Å². The number of hydrogen-bond donors (Lipinski definition) is 0. The Labute approximate surface area is 113 Å². The number of rotatable bonds is 8. The van der Waals surface area contributed by atoms with Gasteiger partial charge < -0.3 is 18.8 Å². The van der Waals surface area contributed by atoms with Crippen LogP contribution in [-0.4, -0.2) is 38.1 Å². The fraction of sp³-hybridized carbons (Fsp3) is 0.467. The van der Waals surface area contributed by atoms with Gasteiger partial charge in [-0.05, 0) is 25.1 Å². The molecule has 1 aromatic heterocycles. The van der Waals surface area contributed by atoms with Crippen LogP contribution in [-0.2, 0) is 16.0 Å². The van der Waals surface area contributed by atoms with Crippen LogP contribution >= 0.6 is 0 Å². The van der Waals surface area contributed by atoms with Crippen LogP contribution < -0.4 is 4.74 Å². The summed E-state index contributed by atoms with van der Waals surface area (Å²) in [5.41, 5.74) is 1.18. The Kier molecular flexibility index (Phi) is 5.24. The Bertz CT molecular complexity index is 507. The molecular formula is C15H21NO3. The summed E-state index contributed by atoms with van der Waals surface area (Å²) in [5.74, 6) is 0.944. The molecule has 0 saturated heterocycles. The highest BCUT2D eigenvalue weighted by Crippen LogP contribution is 2.26. The first kappa shape index (κ1) is 13.9. The third kappa shape index (κ3) is 3.49. The van der Waals surface area contributed by atoms with Crippen LogP contribution in [0.15, 0.2) is 30.5 Å². The number of aromatic nitrogens is 1. The molecule has 0 fully saturated rings. The fourth-order valence-corrected chi connectivity index (χ4v) is 2.08. The molecule has 4 nitrogen and oxygen atoms in total. The zero-order valence-electron chi connectivity index (χ0n) is 11.6. The third-order valence-electron chi connectivity index (χ3n) is 2.98. The quantitative estimate of drug-likeness (QED) is 0.686. The van der Waals surface area contributed by atoms with Gasteiger partial charge in [0.05, 0.1) is 31.9 Å². The molecule has 1 heterocycles. The number of fused-ring (bicyclic) bond motifs is 1. The Hall–Kier alpha value is -1.52. The molecule has 4 heteroatoms. The van der Waals surface area contributed by atoms with Gasteiger partial charge in [0, 0.05) is 25.2 Å². The molecule has 0 atom stereocenters. The molecule has 0 spiro atoms. The van der Waals surface area contributed by atoms with Crippen molar-refractivity contribution in [3.05, 3.63) is 30.5 Å². The van der Waals surface area contributed by atoms with Crippen LogP contribution in [0.4, 0.5) is 0 Å². The van der Waals surface area contributed by atoms with Crippen molar-refractivity contribution in [2.45, 2.75) is 13.5 Å². The number of methoxy groups -OCH3 is 1. The first-order valence-electron chi connectivity index (χ1n) is 6.64. The molecule has 0 aliphatic heterocycles. The Morgan fingerprint density at radius 1 is 1.11 bits per heavy atom. The zero-order valence-corrected chi connectivity index (χ0v) is 11.6. The van der Waals surface area contributed by atoms with Crippen LogP contribution in [0.5, 0.6) is 5.75 Å². The van der Waals surface area contributed by atoms with Crippen molar-refractivity contribution in [3.63, 3.8) is 0 Å². The van der Waals surface area contributed by atoms with E-state index in [0.29, 0.717) is 26.4 Å². The van der Waals surface area contributed by atoms with Crippen molar-refractivity contribution in [1.82, 2.24) is 4.57 Å². The third-order valence-corrected chi connectivity index (χ3v) is 2.98. The van der Waals surface area contributed by atoms with E-state index in [0.717, 1.165) is 17.7 Å². The largest absolute Gasteiger partial charge is 0.493 e. The van der Waals surface area contributed by atoms with Gasteiger partial charge in [0.25, 0.3) is 0 Å². The predicted molar refractivity (Wildman–Crippen MR) is 75.8 cm³/mol. The highest BCUT2D eigenvalue weighted by Gasteiger charge is 2.05. The van der Waals surface area contributed by atoms with Crippen molar-refractivity contribution < 1.29 is 14.2 Å². The van der Waals surface area contributed by atoms with E-state index in [-0.39, 0.29) is 0 Å². The minimum absolute atomic E-state index is 0.639. The van der Waals surface area contributed by atoms with E-state index in [4.69, 9.17) is 14.2 Å². The van der Waals surface area contributed by atoms with Crippen molar-refractivity contribution >= 4 is 10.9 Å². The number of hydrogen-bond acceptors (Lipinski definition) is 3. The van der Waals surface area contributed by atoms with Gasteiger partial charge in [0.1, 0.15) is 5.75 Å². The van der Waals surface area contributed by atoms with Gasteiger partial charge in [-0.3, -0.25) is 0 Å². The standard InChI is InChI=1S/C15H21NO3/c1-3-19-15-6-4-5-14-13(15)7-8-16(14)9-10-18-12-11-17-2/h4-8H,3,9-12H2,1-2H3. The second-order valence-electron chi connectivity index (χ2n) is 4.24. The number of ether oxygens (including phenoxy) is 3. The van der Waals surface area contributed by atoms with Crippen LogP contribution in [0.3, 0.4) is 0 Å². The topological polar surface area (TPSA) is 32.6 Å². The molecule has 1 aromatic carbocycles. The SMILES string of the molecule is CCOc1cccc2c1ccn2CCOCCOC. The molecule has 0 unspecified atom stereocenters. The van der Waals surface area contributed by atoms with E-state index >= 15 is 0 Å². The molecule has 104 valence electrons. The molecule has 0 N–H and O–H groups in total. The lowest BCUT2D eigenvalue weighted by Crippen LogP contribution is -2.08. The molecule has 0 amide bonds. The van der Waals surface area contributed by atoms with Crippen molar-refractivity contribution in [2.75, 3.05) is 33.5 Å². The average molecular weight is 263 g/mol. The molecule has 2 rings (SSSR count). The lowest BCUT2D eigenvalue weighted by atomic mass is 10.2. The minimum Gasteiger partial charge on any atom is -0.493 e. The molecular weight excluding hydrogens is 242 g/mol. The maximum Gasteiger partial charge on any atom is 0.128 e. The van der Waals surface area contributed by atoms with Crippen molar-refractivity contribution in [3.8, 4) is 5.75 Å². The zero-order chi connectivity index (χ0) is 13.5. The fourth-order valence-electron chi connectivity index (χ4n) is 2.08. The molecule has 0 aliphatic rings. The summed E-state index contributed by atoms with van der Waals surface area (Å²) in [6, 6.07) is 8.23. The normalized spacial score (nSPS) is 11.1. The Morgan fingerprint density at radius 2 is 2.00 bits per heavy atom. The van der Waals surface area contributed by atoms with Crippen LogP contribution in [0, 0.1) is 0 Å². The van der Waals surface area contributed by atoms with E-state index in [1.165, 1.54) is 5.52 Å². The van der Waals surface area contributed by atoms with Gasteiger partial charge in [0.15, 0.2) is 0 Å². The molecule has 2 aromatic rings. The van der Waals surface area contributed by atoms with E-state index < -0.39 is 0 Å². The highest BCUT2D eigenvalue weighted by molar-refractivity contribution is 5.86. The Morgan fingerprint density at radius 3 is 2.79 bits per heavy atom. The van der Waals surface area contributed by atoms with Gasteiger partial charge >= 0.3 is 0 Å². The second kappa shape index (κ2) is 7.16. The minimum atomic E-state index is 0.639. The number of benzene rings is 1. The molecule has 0 aliphatic carbocycles. The van der Waals surface area contributed by atoms with Gasteiger partial charge in [-0.25, -0.2) is 0 Å². The first-order valence-corrected chi connectivity index (χ1v) is 6.64. The van der Waals surface area contributed by atoms with Crippen LogP contribution in [0.25, 0.3) is 10.9 Å². The van der Waals surface area contributed by atoms with Gasteiger partial charge in [-0.2, -0.15) is 0 Å². The van der Waals surface area contributed by atoms with E-state index in [1.807, 2.05) is 19.1 Å². The summed E-state index contributed by atoms with van der Waals surface area (Å²) in [7, 11) is 1.68.